The summed E-state index contributed by atoms with van der Waals surface area (Å²) in [5, 5.41) is 4.38. The highest BCUT2D eigenvalue weighted by molar-refractivity contribution is 5.55. The van der Waals surface area contributed by atoms with E-state index >= 15 is 0 Å². The van der Waals surface area contributed by atoms with E-state index in [1.807, 2.05) is 23.0 Å². The standard InChI is InChI=1S/C19H27N3O3/c1-5-22-12-16(8-20-22)11-21(9-14(2)3)10-15-6-17(23-4)19-18(7-15)24-13-25-19/h6-8,12,14H,5,9-11,13H2,1-4H3. The van der Waals surface area contributed by atoms with Gasteiger partial charge in [0.1, 0.15) is 0 Å². The number of ether oxygens (including phenoxy) is 3. The number of nitrogens with zero attached hydrogens (tertiary/aromatic N) is 3. The van der Waals surface area contributed by atoms with Crippen molar-refractivity contribution >= 4 is 0 Å². The molecule has 136 valence electrons. The fourth-order valence-electron chi connectivity index (χ4n) is 3.15. The molecule has 3 rings (SSSR count). The summed E-state index contributed by atoms with van der Waals surface area (Å²) in [5.41, 5.74) is 2.39. The number of methoxy groups -OCH3 is 1. The van der Waals surface area contributed by atoms with E-state index in [0.29, 0.717) is 11.7 Å². The Morgan fingerprint density at radius 2 is 2.04 bits per heavy atom. The molecule has 0 atom stereocenters. The van der Waals surface area contributed by atoms with Gasteiger partial charge in [-0.3, -0.25) is 9.58 Å². The molecule has 2 heterocycles. The Bertz CT molecular complexity index is 712. The van der Waals surface area contributed by atoms with Gasteiger partial charge in [-0.25, -0.2) is 0 Å². The highest BCUT2D eigenvalue weighted by Gasteiger charge is 2.21. The van der Waals surface area contributed by atoms with Gasteiger partial charge in [0.15, 0.2) is 11.5 Å². The van der Waals surface area contributed by atoms with Gasteiger partial charge >= 0.3 is 0 Å². The van der Waals surface area contributed by atoms with Crippen molar-refractivity contribution in [1.82, 2.24) is 14.7 Å². The third kappa shape index (κ3) is 4.25. The van der Waals surface area contributed by atoms with Crippen LogP contribution in [0.25, 0.3) is 0 Å². The van der Waals surface area contributed by atoms with Crippen molar-refractivity contribution in [1.29, 1.82) is 0 Å². The molecule has 2 aromatic rings. The molecule has 25 heavy (non-hydrogen) atoms. The first-order valence-electron chi connectivity index (χ1n) is 8.79. The lowest BCUT2D eigenvalue weighted by Crippen LogP contribution is -2.26. The second-order valence-corrected chi connectivity index (χ2v) is 6.80. The largest absolute Gasteiger partial charge is 0.493 e. The molecular formula is C19H27N3O3. The first-order chi connectivity index (χ1) is 12.1. The number of fused-ring (bicyclic) bond motifs is 1. The summed E-state index contributed by atoms with van der Waals surface area (Å²) in [5.74, 6) is 2.77. The van der Waals surface area contributed by atoms with Gasteiger partial charge in [-0.05, 0) is 30.5 Å². The van der Waals surface area contributed by atoms with E-state index < -0.39 is 0 Å². The second-order valence-electron chi connectivity index (χ2n) is 6.80. The number of hydrogen-bond acceptors (Lipinski definition) is 5. The molecule has 1 aromatic carbocycles. The molecule has 0 spiro atoms. The molecule has 0 fully saturated rings. The lowest BCUT2D eigenvalue weighted by molar-refractivity contribution is 0.171. The van der Waals surface area contributed by atoms with Crippen LogP contribution in [0.3, 0.4) is 0 Å². The summed E-state index contributed by atoms with van der Waals surface area (Å²) in [7, 11) is 1.66. The molecule has 0 aliphatic carbocycles. The predicted octanol–water partition coefficient (Wildman–Crippen LogP) is 3.30. The Balaban J connectivity index is 1.78. The molecule has 0 saturated carbocycles. The van der Waals surface area contributed by atoms with Gasteiger partial charge in [0.05, 0.1) is 13.3 Å². The maximum atomic E-state index is 5.55. The number of aryl methyl sites for hydroxylation is 1. The van der Waals surface area contributed by atoms with Crippen LogP contribution in [0.1, 0.15) is 31.9 Å². The normalized spacial score (nSPS) is 13.0. The van der Waals surface area contributed by atoms with Gasteiger partial charge in [-0.1, -0.05) is 13.8 Å². The first kappa shape index (κ1) is 17.6. The maximum Gasteiger partial charge on any atom is 0.231 e. The second kappa shape index (κ2) is 7.78. The van der Waals surface area contributed by atoms with Crippen molar-refractivity contribution < 1.29 is 14.2 Å². The van der Waals surface area contributed by atoms with Gasteiger partial charge in [0.2, 0.25) is 12.5 Å². The van der Waals surface area contributed by atoms with Crippen molar-refractivity contribution in [3.8, 4) is 17.2 Å². The average Bonchev–Trinajstić information content (AvgIpc) is 3.22. The summed E-state index contributed by atoms with van der Waals surface area (Å²) in [6.07, 6.45) is 4.07. The van der Waals surface area contributed by atoms with Crippen molar-refractivity contribution in [2.24, 2.45) is 5.92 Å². The van der Waals surface area contributed by atoms with E-state index in [4.69, 9.17) is 14.2 Å². The molecule has 6 heteroatoms. The van der Waals surface area contributed by atoms with E-state index in [2.05, 4.69) is 37.0 Å². The molecule has 1 aliphatic heterocycles. The Morgan fingerprint density at radius 3 is 2.72 bits per heavy atom. The summed E-state index contributed by atoms with van der Waals surface area (Å²) >= 11 is 0. The molecular weight excluding hydrogens is 318 g/mol. The minimum Gasteiger partial charge on any atom is -0.493 e. The molecule has 0 radical (unpaired) electrons. The van der Waals surface area contributed by atoms with E-state index in [-0.39, 0.29) is 6.79 Å². The van der Waals surface area contributed by atoms with E-state index in [9.17, 15) is 0 Å². The van der Waals surface area contributed by atoms with Crippen LogP contribution >= 0.6 is 0 Å². The summed E-state index contributed by atoms with van der Waals surface area (Å²) in [6, 6.07) is 4.09. The third-order valence-corrected chi connectivity index (χ3v) is 4.16. The Morgan fingerprint density at radius 1 is 1.24 bits per heavy atom. The van der Waals surface area contributed by atoms with Gasteiger partial charge in [-0.15, -0.1) is 0 Å². The molecule has 0 saturated heterocycles. The summed E-state index contributed by atoms with van der Waals surface area (Å²) in [4.78, 5) is 2.43. The quantitative estimate of drug-likeness (QED) is 0.735. The summed E-state index contributed by atoms with van der Waals surface area (Å²) in [6.45, 7) is 10.4. The van der Waals surface area contributed by atoms with Crippen molar-refractivity contribution in [3.05, 3.63) is 35.7 Å². The van der Waals surface area contributed by atoms with Crippen LogP contribution in [0.4, 0.5) is 0 Å². The lowest BCUT2D eigenvalue weighted by Gasteiger charge is -2.24. The molecule has 1 aliphatic rings. The molecule has 0 unspecified atom stereocenters. The molecule has 0 amide bonds. The number of aromatic nitrogens is 2. The summed E-state index contributed by atoms with van der Waals surface area (Å²) < 4.78 is 18.5. The lowest BCUT2D eigenvalue weighted by atomic mass is 10.1. The van der Waals surface area contributed by atoms with E-state index in [1.54, 1.807) is 7.11 Å². The molecule has 0 N–H and O–H groups in total. The van der Waals surface area contributed by atoms with Crippen LogP contribution in [-0.2, 0) is 19.6 Å². The van der Waals surface area contributed by atoms with Crippen molar-refractivity contribution in [2.45, 2.75) is 40.4 Å². The first-order valence-corrected chi connectivity index (χ1v) is 8.79. The molecule has 0 bridgehead atoms. The minimum atomic E-state index is 0.251. The number of benzene rings is 1. The smallest absolute Gasteiger partial charge is 0.231 e. The fraction of sp³-hybridized carbons (Fsp3) is 0.526. The minimum absolute atomic E-state index is 0.251. The zero-order chi connectivity index (χ0) is 17.8. The van der Waals surface area contributed by atoms with Crippen LogP contribution in [0, 0.1) is 5.92 Å². The number of hydrogen-bond donors (Lipinski definition) is 0. The molecule has 6 nitrogen and oxygen atoms in total. The van der Waals surface area contributed by atoms with E-state index in [0.717, 1.165) is 43.2 Å². The van der Waals surface area contributed by atoms with Gasteiger partial charge < -0.3 is 14.2 Å². The van der Waals surface area contributed by atoms with Gasteiger partial charge in [0.25, 0.3) is 0 Å². The maximum absolute atomic E-state index is 5.55. The third-order valence-electron chi connectivity index (χ3n) is 4.16. The average molecular weight is 345 g/mol. The van der Waals surface area contributed by atoms with Crippen LogP contribution in [0.2, 0.25) is 0 Å². The SMILES string of the molecule is CCn1cc(CN(Cc2cc(OC)c3c(c2)OCO3)CC(C)C)cn1. The topological polar surface area (TPSA) is 48.8 Å². The Labute approximate surface area is 149 Å². The fourth-order valence-corrected chi connectivity index (χ4v) is 3.15. The van der Waals surface area contributed by atoms with Gasteiger partial charge in [0, 0.05) is 37.9 Å². The van der Waals surface area contributed by atoms with Crippen LogP contribution < -0.4 is 14.2 Å². The van der Waals surface area contributed by atoms with Crippen LogP contribution in [-0.4, -0.2) is 35.1 Å². The van der Waals surface area contributed by atoms with Crippen LogP contribution in [0.5, 0.6) is 17.2 Å². The Hall–Kier alpha value is -2.21. The highest BCUT2D eigenvalue weighted by Crippen LogP contribution is 2.42. The zero-order valence-electron chi connectivity index (χ0n) is 15.5. The van der Waals surface area contributed by atoms with Crippen molar-refractivity contribution in [2.75, 3.05) is 20.4 Å². The van der Waals surface area contributed by atoms with Crippen molar-refractivity contribution in [3.63, 3.8) is 0 Å². The highest BCUT2D eigenvalue weighted by atomic mass is 16.7. The zero-order valence-corrected chi connectivity index (χ0v) is 15.5. The predicted molar refractivity (Wildman–Crippen MR) is 96.0 cm³/mol. The van der Waals surface area contributed by atoms with Gasteiger partial charge in [-0.2, -0.15) is 5.10 Å². The monoisotopic (exact) mass is 345 g/mol. The molecule has 1 aromatic heterocycles. The Kier molecular flexibility index (Phi) is 5.48. The van der Waals surface area contributed by atoms with Crippen LogP contribution in [0.15, 0.2) is 24.5 Å². The van der Waals surface area contributed by atoms with E-state index in [1.165, 1.54) is 5.56 Å². The number of rotatable bonds is 8.